The highest BCUT2D eigenvalue weighted by Gasteiger charge is 2.36. The molecule has 3 N–H and O–H groups in total. The van der Waals surface area contributed by atoms with Gasteiger partial charge >= 0.3 is 0 Å². The lowest BCUT2D eigenvalue weighted by Crippen LogP contribution is -2.22. The normalized spacial score (nSPS) is 13.0. The van der Waals surface area contributed by atoms with E-state index < -0.39 is 17.3 Å². The van der Waals surface area contributed by atoms with Crippen LogP contribution in [0.15, 0.2) is 30.3 Å². The van der Waals surface area contributed by atoms with Gasteiger partial charge < -0.3 is 15.3 Å². The zero-order chi connectivity index (χ0) is 18.0. The van der Waals surface area contributed by atoms with Gasteiger partial charge in [0.15, 0.2) is 11.6 Å². The van der Waals surface area contributed by atoms with Gasteiger partial charge in [-0.05, 0) is 55.3 Å². The van der Waals surface area contributed by atoms with Gasteiger partial charge in [-0.2, -0.15) is 0 Å². The fourth-order valence-electron chi connectivity index (χ4n) is 3.34. The minimum absolute atomic E-state index is 0.115. The van der Waals surface area contributed by atoms with Gasteiger partial charge in [-0.15, -0.1) is 0 Å². The highest BCUT2D eigenvalue weighted by Crippen LogP contribution is 2.45. The fraction of sp³-hybridized carbons (Fsp3) is 0.100. The molecule has 124 valence electrons. The van der Waals surface area contributed by atoms with E-state index in [1.165, 1.54) is 18.2 Å². The number of carbonyl (C=O) groups is 2. The Morgan fingerprint density at radius 3 is 1.68 bits per heavy atom. The standard InChI is InChI=1S/C20H14O5/c1-8-5-12-13(6-9(8)2)19(24)16-15(18(12)23)17(22)11-4-3-10(21)7-14(11)20(16)25/h3-7,21-22,25H,1-2H3. The van der Waals surface area contributed by atoms with Crippen LogP contribution in [0.4, 0.5) is 0 Å². The number of phenolic OH excluding ortho intramolecular Hbond substituents is 3. The van der Waals surface area contributed by atoms with Crippen molar-refractivity contribution in [2.45, 2.75) is 13.8 Å². The lowest BCUT2D eigenvalue weighted by atomic mass is 9.80. The minimum atomic E-state index is -0.522. The summed E-state index contributed by atoms with van der Waals surface area (Å²) >= 11 is 0. The maximum Gasteiger partial charge on any atom is 0.198 e. The number of hydrogen-bond donors (Lipinski definition) is 3. The van der Waals surface area contributed by atoms with Crippen LogP contribution in [0.5, 0.6) is 17.2 Å². The van der Waals surface area contributed by atoms with Crippen LogP contribution in [0.3, 0.4) is 0 Å². The molecule has 5 heteroatoms. The van der Waals surface area contributed by atoms with Gasteiger partial charge in [0, 0.05) is 21.9 Å². The first kappa shape index (κ1) is 15.2. The number of ketones is 2. The second-order valence-corrected chi connectivity index (χ2v) is 6.32. The summed E-state index contributed by atoms with van der Waals surface area (Å²) in [4.78, 5) is 25.9. The molecule has 0 radical (unpaired) electrons. The van der Waals surface area contributed by atoms with Crippen LogP contribution in [-0.2, 0) is 0 Å². The molecule has 1 aliphatic carbocycles. The van der Waals surface area contributed by atoms with E-state index in [-0.39, 0.29) is 44.5 Å². The first-order chi connectivity index (χ1) is 11.8. The van der Waals surface area contributed by atoms with E-state index in [0.717, 1.165) is 11.1 Å². The third-order valence-corrected chi connectivity index (χ3v) is 4.81. The molecule has 0 heterocycles. The van der Waals surface area contributed by atoms with Gasteiger partial charge in [0.25, 0.3) is 0 Å². The number of hydrogen-bond acceptors (Lipinski definition) is 5. The zero-order valence-corrected chi connectivity index (χ0v) is 13.5. The van der Waals surface area contributed by atoms with Crippen LogP contribution in [0, 0.1) is 13.8 Å². The van der Waals surface area contributed by atoms with Crippen molar-refractivity contribution in [2.24, 2.45) is 0 Å². The van der Waals surface area contributed by atoms with Crippen LogP contribution in [-0.4, -0.2) is 26.9 Å². The summed E-state index contributed by atoms with van der Waals surface area (Å²) in [5.74, 6) is -1.93. The van der Waals surface area contributed by atoms with Gasteiger partial charge in [0.05, 0.1) is 11.1 Å². The van der Waals surface area contributed by atoms with E-state index in [2.05, 4.69) is 0 Å². The van der Waals surface area contributed by atoms with Crippen molar-refractivity contribution in [1.29, 1.82) is 0 Å². The van der Waals surface area contributed by atoms with Crippen molar-refractivity contribution in [1.82, 2.24) is 0 Å². The van der Waals surface area contributed by atoms with Crippen LogP contribution in [0.1, 0.15) is 43.0 Å². The predicted molar refractivity (Wildman–Crippen MR) is 91.7 cm³/mol. The topological polar surface area (TPSA) is 94.8 Å². The summed E-state index contributed by atoms with van der Waals surface area (Å²) in [6.07, 6.45) is 0. The van der Waals surface area contributed by atoms with E-state index in [1.54, 1.807) is 12.1 Å². The quantitative estimate of drug-likeness (QED) is 0.429. The number of aromatic hydroxyl groups is 3. The molecular formula is C20H14O5. The van der Waals surface area contributed by atoms with Crippen molar-refractivity contribution in [3.05, 3.63) is 63.7 Å². The Balaban J connectivity index is 2.15. The third kappa shape index (κ3) is 1.89. The summed E-state index contributed by atoms with van der Waals surface area (Å²) in [6.45, 7) is 3.67. The minimum Gasteiger partial charge on any atom is -0.508 e. The largest absolute Gasteiger partial charge is 0.508 e. The summed E-state index contributed by atoms with van der Waals surface area (Å²) in [5.41, 5.74) is 1.71. The lowest BCUT2D eigenvalue weighted by Gasteiger charge is -2.22. The molecule has 0 saturated carbocycles. The molecule has 5 nitrogen and oxygen atoms in total. The number of aryl methyl sites for hydroxylation is 2. The summed E-state index contributed by atoms with van der Waals surface area (Å²) in [7, 11) is 0. The second kappa shape index (κ2) is 4.83. The molecule has 0 aliphatic heterocycles. The van der Waals surface area contributed by atoms with Gasteiger partial charge in [0.2, 0.25) is 0 Å². The molecule has 4 rings (SSSR count). The zero-order valence-electron chi connectivity index (χ0n) is 13.5. The van der Waals surface area contributed by atoms with Gasteiger partial charge in [-0.3, -0.25) is 9.59 Å². The molecule has 1 aliphatic rings. The van der Waals surface area contributed by atoms with Crippen molar-refractivity contribution in [3.8, 4) is 17.2 Å². The Hall–Kier alpha value is -3.34. The smallest absolute Gasteiger partial charge is 0.198 e. The van der Waals surface area contributed by atoms with Crippen molar-refractivity contribution in [3.63, 3.8) is 0 Å². The number of fused-ring (bicyclic) bond motifs is 3. The second-order valence-electron chi connectivity index (χ2n) is 6.32. The third-order valence-electron chi connectivity index (χ3n) is 4.81. The van der Waals surface area contributed by atoms with Crippen LogP contribution in [0.2, 0.25) is 0 Å². The molecule has 0 aromatic heterocycles. The highest BCUT2D eigenvalue weighted by molar-refractivity contribution is 6.32. The van der Waals surface area contributed by atoms with Crippen LogP contribution >= 0.6 is 0 Å². The molecule has 0 atom stereocenters. The Morgan fingerprint density at radius 2 is 1.16 bits per heavy atom. The molecule has 0 unspecified atom stereocenters. The number of carbonyl (C=O) groups excluding carboxylic acids is 2. The van der Waals surface area contributed by atoms with E-state index in [9.17, 15) is 24.9 Å². The van der Waals surface area contributed by atoms with Crippen LogP contribution in [0.25, 0.3) is 10.8 Å². The Labute approximate surface area is 142 Å². The molecule has 3 aromatic carbocycles. The SMILES string of the molecule is Cc1cc2c(cc1C)C(=O)c1c(c(O)c3ccc(O)cc3c1O)C2=O. The van der Waals surface area contributed by atoms with Gasteiger partial charge in [-0.1, -0.05) is 0 Å². The Kier molecular flexibility index (Phi) is 2.94. The summed E-state index contributed by atoms with van der Waals surface area (Å²) < 4.78 is 0. The summed E-state index contributed by atoms with van der Waals surface area (Å²) in [6, 6.07) is 7.23. The lowest BCUT2D eigenvalue weighted by molar-refractivity contribution is 0.0974. The molecule has 0 bridgehead atoms. The van der Waals surface area contributed by atoms with E-state index in [1.807, 2.05) is 13.8 Å². The number of phenols is 3. The molecule has 0 spiro atoms. The number of benzene rings is 3. The first-order valence-electron chi connectivity index (χ1n) is 7.72. The average Bonchev–Trinajstić information content (AvgIpc) is 2.57. The fourth-order valence-corrected chi connectivity index (χ4v) is 3.34. The van der Waals surface area contributed by atoms with Gasteiger partial charge in [-0.25, -0.2) is 0 Å². The monoisotopic (exact) mass is 334 g/mol. The molecular weight excluding hydrogens is 320 g/mol. The Bertz CT molecular complexity index is 1130. The first-order valence-corrected chi connectivity index (χ1v) is 7.72. The predicted octanol–water partition coefficient (Wildman–Crippen LogP) is 3.35. The molecule has 0 fully saturated rings. The van der Waals surface area contributed by atoms with Crippen molar-refractivity contribution in [2.75, 3.05) is 0 Å². The average molecular weight is 334 g/mol. The summed E-state index contributed by atoms with van der Waals surface area (Å²) in [5, 5.41) is 31.1. The van der Waals surface area contributed by atoms with Crippen molar-refractivity contribution < 1.29 is 24.9 Å². The van der Waals surface area contributed by atoms with Crippen molar-refractivity contribution >= 4 is 22.3 Å². The van der Waals surface area contributed by atoms with E-state index >= 15 is 0 Å². The maximum absolute atomic E-state index is 12.9. The van der Waals surface area contributed by atoms with E-state index in [4.69, 9.17) is 0 Å². The highest BCUT2D eigenvalue weighted by atomic mass is 16.3. The molecule has 0 amide bonds. The molecule has 0 saturated heterocycles. The molecule has 25 heavy (non-hydrogen) atoms. The Morgan fingerprint density at radius 1 is 0.680 bits per heavy atom. The van der Waals surface area contributed by atoms with Gasteiger partial charge in [0.1, 0.15) is 17.2 Å². The van der Waals surface area contributed by atoms with Crippen LogP contribution < -0.4 is 0 Å². The number of rotatable bonds is 0. The maximum atomic E-state index is 12.9. The van der Waals surface area contributed by atoms with E-state index in [0.29, 0.717) is 0 Å². The molecule has 3 aromatic rings.